The minimum absolute atomic E-state index is 0.0437. The standard InChI is InChI=1S/C16H22N2O3S/c19-9-7-12(11-5-6-11)17-15(20)13-3-1-8-18(13)16(21)14-4-2-10-22-14/h2,4,10-13,19H,1,3,5-9H2,(H,17,20)/t12?,13-/m0/s1. The summed E-state index contributed by atoms with van der Waals surface area (Å²) in [5.41, 5.74) is 0. The van der Waals surface area contributed by atoms with E-state index in [0.29, 0.717) is 23.8 Å². The Morgan fingerprint density at radius 2 is 2.23 bits per heavy atom. The molecular weight excluding hydrogens is 300 g/mol. The van der Waals surface area contributed by atoms with E-state index >= 15 is 0 Å². The van der Waals surface area contributed by atoms with Crippen molar-refractivity contribution in [1.82, 2.24) is 10.2 Å². The average molecular weight is 322 g/mol. The number of rotatable bonds is 6. The van der Waals surface area contributed by atoms with E-state index in [1.54, 1.807) is 11.0 Å². The van der Waals surface area contributed by atoms with Crippen molar-refractivity contribution in [3.05, 3.63) is 22.4 Å². The number of aliphatic hydroxyl groups is 1. The summed E-state index contributed by atoms with van der Waals surface area (Å²) in [6, 6.07) is 3.35. The molecule has 3 rings (SSSR count). The number of likely N-dealkylation sites (tertiary alicyclic amines) is 1. The Morgan fingerprint density at radius 3 is 2.86 bits per heavy atom. The molecule has 1 aromatic rings. The van der Waals surface area contributed by atoms with Crippen molar-refractivity contribution in [3.63, 3.8) is 0 Å². The zero-order valence-corrected chi connectivity index (χ0v) is 13.3. The summed E-state index contributed by atoms with van der Waals surface area (Å²) in [6.45, 7) is 0.729. The van der Waals surface area contributed by atoms with Gasteiger partial charge in [0.2, 0.25) is 5.91 Å². The molecule has 1 saturated heterocycles. The minimum atomic E-state index is -0.366. The number of nitrogens with one attached hydrogen (secondary N) is 1. The highest BCUT2D eigenvalue weighted by Crippen LogP contribution is 2.34. The van der Waals surface area contributed by atoms with E-state index in [0.717, 1.165) is 25.7 Å². The van der Waals surface area contributed by atoms with Gasteiger partial charge in [-0.15, -0.1) is 11.3 Å². The van der Waals surface area contributed by atoms with Crippen LogP contribution in [0.25, 0.3) is 0 Å². The highest BCUT2D eigenvalue weighted by molar-refractivity contribution is 7.12. The second-order valence-electron chi connectivity index (χ2n) is 6.10. The lowest BCUT2D eigenvalue weighted by Crippen LogP contribution is -2.49. The molecule has 1 aromatic heterocycles. The Balaban J connectivity index is 1.64. The molecule has 0 spiro atoms. The first-order valence-corrected chi connectivity index (χ1v) is 8.84. The van der Waals surface area contributed by atoms with Gasteiger partial charge in [0.1, 0.15) is 6.04 Å². The van der Waals surface area contributed by atoms with Gasteiger partial charge in [-0.1, -0.05) is 6.07 Å². The molecule has 2 aliphatic rings. The summed E-state index contributed by atoms with van der Waals surface area (Å²) in [5.74, 6) is 0.393. The fourth-order valence-electron chi connectivity index (χ4n) is 3.17. The van der Waals surface area contributed by atoms with Crippen molar-refractivity contribution in [2.75, 3.05) is 13.2 Å². The number of thiophene rings is 1. The molecule has 2 amide bonds. The first kappa shape index (κ1) is 15.5. The molecule has 2 heterocycles. The summed E-state index contributed by atoms with van der Waals surface area (Å²) in [4.78, 5) is 27.4. The van der Waals surface area contributed by atoms with E-state index in [9.17, 15) is 9.59 Å². The van der Waals surface area contributed by atoms with E-state index in [2.05, 4.69) is 5.32 Å². The van der Waals surface area contributed by atoms with Crippen molar-refractivity contribution in [3.8, 4) is 0 Å². The first-order valence-electron chi connectivity index (χ1n) is 7.96. The van der Waals surface area contributed by atoms with Crippen LogP contribution in [0.1, 0.15) is 41.8 Å². The van der Waals surface area contributed by atoms with Crippen LogP contribution in [0.2, 0.25) is 0 Å². The smallest absolute Gasteiger partial charge is 0.264 e. The lowest BCUT2D eigenvalue weighted by molar-refractivity contribution is -0.125. The molecule has 120 valence electrons. The number of carbonyl (C=O) groups excluding carboxylic acids is 2. The largest absolute Gasteiger partial charge is 0.396 e. The van der Waals surface area contributed by atoms with E-state index in [-0.39, 0.29) is 30.5 Å². The molecule has 2 fully saturated rings. The van der Waals surface area contributed by atoms with Gasteiger partial charge in [0.25, 0.3) is 5.91 Å². The van der Waals surface area contributed by atoms with Crippen LogP contribution < -0.4 is 5.32 Å². The Kier molecular flexibility index (Phi) is 4.78. The normalized spacial score (nSPS) is 22.6. The quantitative estimate of drug-likeness (QED) is 0.836. The van der Waals surface area contributed by atoms with Gasteiger partial charge in [0.15, 0.2) is 0 Å². The zero-order valence-electron chi connectivity index (χ0n) is 12.5. The lowest BCUT2D eigenvalue weighted by atomic mass is 10.1. The van der Waals surface area contributed by atoms with Gasteiger partial charge < -0.3 is 15.3 Å². The van der Waals surface area contributed by atoms with E-state index in [1.165, 1.54) is 11.3 Å². The number of nitrogens with zero attached hydrogens (tertiary/aromatic N) is 1. The van der Waals surface area contributed by atoms with Crippen molar-refractivity contribution in [2.24, 2.45) is 5.92 Å². The monoisotopic (exact) mass is 322 g/mol. The number of aliphatic hydroxyl groups excluding tert-OH is 1. The van der Waals surface area contributed by atoms with Gasteiger partial charge in [-0.2, -0.15) is 0 Å². The molecule has 2 atom stereocenters. The van der Waals surface area contributed by atoms with Gasteiger partial charge in [-0.05, 0) is 49.5 Å². The number of hydrogen-bond donors (Lipinski definition) is 2. The third-order valence-corrected chi connectivity index (χ3v) is 5.36. The molecule has 1 saturated carbocycles. The average Bonchev–Trinajstić information content (AvgIpc) is 3.04. The summed E-state index contributed by atoms with van der Waals surface area (Å²) < 4.78 is 0. The van der Waals surface area contributed by atoms with Crippen molar-refractivity contribution >= 4 is 23.2 Å². The van der Waals surface area contributed by atoms with Gasteiger partial charge in [0.05, 0.1) is 4.88 Å². The molecule has 0 aromatic carbocycles. The third-order valence-electron chi connectivity index (χ3n) is 4.51. The fraction of sp³-hybridized carbons (Fsp3) is 0.625. The summed E-state index contributed by atoms with van der Waals surface area (Å²) in [5, 5.41) is 14.1. The minimum Gasteiger partial charge on any atom is -0.396 e. The summed E-state index contributed by atoms with van der Waals surface area (Å²) >= 11 is 1.41. The Bertz CT molecular complexity index is 528. The second kappa shape index (κ2) is 6.79. The second-order valence-corrected chi connectivity index (χ2v) is 7.05. The van der Waals surface area contributed by atoms with Gasteiger partial charge >= 0.3 is 0 Å². The highest BCUT2D eigenvalue weighted by Gasteiger charge is 2.38. The number of amides is 2. The van der Waals surface area contributed by atoms with Crippen molar-refractivity contribution < 1.29 is 14.7 Å². The lowest BCUT2D eigenvalue weighted by Gasteiger charge is -2.26. The number of hydrogen-bond acceptors (Lipinski definition) is 4. The molecule has 0 bridgehead atoms. The van der Waals surface area contributed by atoms with E-state index in [1.807, 2.05) is 11.4 Å². The van der Waals surface area contributed by atoms with Crippen LogP contribution in [0.4, 0.5) is 0 Å². The van der Waals surface area contributed by atoms with Gasteiger partial charge in [-0.3, -0.25) is 9.59 Å². The van der Waals surface area contributed by atoms with Gasteiger partial charge in [0, 0.05) is 19.2 Å². The maximum absolute atomic E-state index is 12.6. The predicted molar refractivity (Wildman–Crippen MR) is 84.7 cm³/mol. The Morgan fingerprint density at radius 1 is 1.41 bits per heavy atom. The van der Waals surface area contributed by atoms with Crippen LogP contribution in [0, 0.1) is 5.92 Å². The Labute approximate surface area is 134 Å². The maximum Gasteiger partial charge on any atom is 0.264 e. The molecule has 2 N–H and O–H groups in total. The third kappa shape index (κ3) is 3.33. The Hall–Kier alpha value is -1.40. The number of carbonyl (C=O) groups is 2. The molecule has 0 radical (unpaired) electrons. The van der Waals surface area contributed by atoms with Crippen LogP contribution in [-0.4, -0.2) is 47.1 Å². The van der Waals surface area contributed by atoms with Crippen LogP contribution in [-0.2, 0) is 4.79 Å². The zero-order chi connectivity index (χ0) is 15.5. The first-order chi connectivity index (χ1) is 10.7. The molecule has 5 nitrogen and oxygen atoms in total. The molecule has 1 unspecified atom stereocenters. The predicted octanol–water partition coefficient (Wildman–Crippen LogP) is 1.63. The molecule has 22 heavy (non-hydrogen) atoms. The summed E-state index contributed by atoms with van der Waals surface area (Å²) in [7, 11) is 0. The van der Waals surface area contributed by atoms with Crippen LogP contribution in [0.3, 0.4) is 0 Å². The maximum atomic E-state index is 12.6. The fourth-order valence-corrected chi connectivity index (χ4v) is 3.85. The van der Waals surface area contributed by atoms with Crippen molar-refractivity contribution in [2.45, 2.75) is 44.2 Å². The van der Waals surface area contributed by atoms with Crippen LogP contribution >= 0.6 is 11.3 Å². The molecule has 1 aliphatic heterocycles. The molecule has 6 heteroatoms. The highest BCUT2D eigenvalue weighted by atomic mass is 32.1. The van der Waals surface area contributed by atoms with E-state index in [4.69, 9.17) is 5.11 Å². The van der Waals surface area contributed by atoms with Crippen LogP contribution in [0.5, 0.6) is 0 Å². The SMILES string of the molecule is O=C(NC(CCO)C1CC1)[C@@H]1CCCN1C(=O)c1cccs1. The van der Waals surface area contributed by atoms with E-state index < -0.39 is 0 Å². The van der Waals surface area contributed by atoms with Crippen LogP contribution in [0.15, 0.2) is 17.5 Å². The topological polar surface area (TPSA) is 69.6 Å². The van der Waals surface area contributed by atoms with Gasteiger partial charge in [-0.25, -0.2) is 0 Å². The molecular formula is C16H22N2O3S. The summed E-state index contributed by atoms with van der Waals surface area (Å²) in [6.07, 6.45) is 4.42. The molecule has 1 aliphatic carbocycles. The van der Waals surface area contributed by atoms with Crippen molar-refractivity contribution in [1.29, 1.82) is 0 Å².